The molecule has 0 radical (unpaired) electrons. The molecule has 1 aliphatic rings. The Balaban J connectivity index is 1.85. The summed E-state index contributed by atoms with van der Waals surface area (Å²) in [6.45, 7) is 2.24. The Kier molecular flexibility index (Phi) is 4.54. The standard InChI is InChI=1S/C13H19FN2O2S/c1-10(8-15-13-5-6-13)19(17,18)16-9-11-3-2-4-12(14)7-11/h2-4,7,10,13,15-16H,5-6,8-9H2,1H3. The molecule has 0 heterocycles. The molecule has 0 saturated heterocycles. The molecule has 1 unspecified atom stereocenters. The predicted octanol–water partition coefficient (Wildman–Crippen LogP) is 1.39. The van der Waals surface area contributed by atoms with Crippen LogP contribution in [-0.4, -0.2) is 26.3 Å². The van der Waals surface area contributed by atoms with Crippen molar-refractivity contribution in [1.82, 2.24) is 10.0 Å². The van der Waals surface area contributed by atoms with E-state index >= 15 is 0 Å². The quantitative estimate of drug-likeness (QED) is 0.796. The summed E-state index contributed by atoms with van der Waals surface area (Å²) < 4.78 is 39.4. The largest absolute Gasteiger partial charge is 0.313 e. The Morgan fingerprint density at radius 2 is 2.16 bits per heavy atom. The van der Waals surface area contributed by atoms with Crippen molar-refractivity contribution in [1.29, 1.82) is 0 Å². The van der Waals surface area contributed by atoms with Gasteiger partial charge in [-0.1, -0.05) is 12.1 Å². The smallest absolute Gasteiger partial charge is 0.215 e. The van der Waals surface area contributed by atoms with Crippen molar-refractivity contribution in [2.75, 3.05) is 6.54 Å². The van der Waals surface area contributed by atoms with Crippen LogP contribution in [0.1, 0.15) is 25.3 Å². The summed E-state index contributed by atoms with van der Waals surface area (Å²) in [6, 6.07) is 6.41. The van der Waals surface area contributed by atoms with E-state index in [-0.39, 0.29) is 12.4 Å². The van der Waals surface area contributed by atoms with E-state index in [1.807, 2.05) is 0 Å². The fraction of sp³-hybridized carbons (Fsp3) is 0.538. The number of halogens is 1. The number of sulfonamides is 1. The van der Waals surface area contributed by atoms with Crippen molar-refractivity contribution in [3.8, 4) is 0 Å². The summed E-state index contributed by atoms with van der Waals surface area (Å²) >= 11 is 0. The van der Waals surface area contributed by atoms with Gasteiger partial charge in [0.15, 0.2) is 0 Å². The van der Waals surface area contributed by atoms with E-state index in [0.717, 1.165) is 12.8 Å². The van der Waals surface area contributed by atoms with E-state index in [1.165, 1.54) is 12.1 Å². The first-order valence-corrected chi connectivity index (χ1v) is 7.98. The van der Waals surface area contributed by atoms with Gasteiger partial charge in [-0.3, -0.25) is 0 Å². The van der Waals surface area contributed by atoms with Crippen molar-refractivity contribution < 1.29 is 12.8 Å². The highest BCUT2D eigenvalue weighted by Gasteiger charge is 2.25. The zero-order valence-corrected chi connectivity index (χ0v) is 11.7. The zero-order valence-electron chi connectivity index (χ0n) is 10.9. The van der Waals surface area contributed by atoms with Crippen molar-refractivity contribution >= 4 is 10.0 Å². The van der Waals surface area contributed by atoms with Gasteiger partial charge >= 0.3 is 0 Å². The Morgan fingerprint density at radius 3 is 2.79 bits per heavy atom. The maximum Gasteiger partial charge on any atom is 0.215 e. The van der Waals surface area contributed by atoms with Crippen LogP contribution in [0.5, 0.6) is 0 Å². The molecule has 0 aliphatic heterocycles. The predicted molar refractivity (Wildman–Crippen MR) is 72.6 cm³/mol. The molecule has 2 N–H and O–H groups in total. The number of hydrogen-bond acceptors (Lipinski definition) is 3. The topological polar surface area (TPSA) is 58.2 Å². The van der Waals surface area contributed by atoms with E-state index < -0.39 is 15.3 Å². The first kappa shape index (κ1) is 14.4. The van der Waals surface area contributed by atoms with Gasteiger partial charge in [0.1, 0.15) is 5.82 Å². The Bertz CT molecular complexity index is 529. The van der Waals surface area contributed by atoms with E-state index in [2.05, 4.69) is 10.0 Å². The van der Waals surface area contributed by atoms with E-state index in [4.69, 9.17) is 0 Å². The van der Waals surface area contributed by atoms with Crippen LogP contribution < -0.4 is 10.0 Å². The highest BCUT2D eigenvalue weighted by molar-refractivity contribution is 7.90. The lowest BCUT2D eigenvalue weighted by atomic mass is 10.2. The van der Waals surface area contributed by atoms with Crippen LogP contribution in [0.25, 0.3) is 0 Å². The lowest BCUT2D eigenvalue weighted by Gasteiger charge is -2.14. The maximum atomic E-state index is 13.0. The van der Waals surface area contributed by atoms with Crippen molar-refractivity contribution in [3.05, 3.63) is 35.6 Å². The molecule has 1 fully saturated rings. The van der Waals surface area contributed by atoms with Gasteiger partial charge in [0.2, 0.25) is 10.0 Å². The molecule has 1 saturated carbocycles. The van der Waals surface area contributed by atoms with Gasteiger partial charge in [-0.05, 0) is 37.5 Å². The molecule has 4 nitrogen and oxygen atoms in total. The lowest BCUT2D eigenvalue weighted by Crippen LogP contribution is -2.39. The minimum absolute atomic E-state index is 0.119. The van der Waals surface area contributed by atoms with E-state index in [1.54, 1.807) is 19.1 Å². The number of hydrogen-bond donors (Lipinski definition) is 2. The number of benzene rings is 1. The van der Waals surface area contributed by atoms with Crippen LogP contribution in [0, 0.1) is 5.82 Å². The Hall–Kier alpha value is -0.980. The van der Waals surface area contributed by atoms with Crippen LogP contribution in [0.15, 0.2) is 24.3 Å². The Morgan fingerprint density at radius 1 is 1.42 bits per heavy atom. The van der Waals surface area contributed by atoms with Gasteiger partial charge in [-0.15, -0.1) is 0 Å². The molecule has 2 rings (SSSR count). The third kappa shape index (κ3) is 4.56. The van der Waals surface area contributed by atoms with Gasteiger partial charge in [0.05, 0.1) is 5.25 Å². The summed E-state index contributed by atoms with van der Waals surface area (Å²) in [5.41, 5.74) is 0.617. The third-order valence-electron chi connectivity index (χ3n) is 3.17. The van der Waals surface area contributed by atoms with Crippen LogP contribution in [0.4, 0.5) is 4.39 Å². The molecule has 19 heavy (non-hydrogen) atoms. The van der Waals surface area contributed by atoms with Crippen molar-refractivity contribution in [2.45, 2.75) is 37.6 Å². The monoisotopic (exact) mass is 286 g/mol. The van der Waals surface area contributed by atoms with Gasteiger partial charge in [0.25, 0.3) is 0 Å². The van der Waals surface area contributed by atoms with Gasteiger partial charge in [-0.25, -0.2) is 17.5 Å². The molecule has 0 bridgehead atoms. The average Bonchev–Trinajstić information content (AvgIpc) is 3.18. The van der Waals surface area contributed by atoms with Crippen LogP contribution >= 0.6 is 0 Å². The van der Waals surface area contributed by atoms with E-state index in [0.29, 0.717) is 18.2 Å². The molecule has 0 spiro atoms. The molecule has 1 aromatic rings. The van der Waals surface area contributed by atoms with Crippen molar-refractivity contribution in [3.63, 3.8) is 0 Å². The fourth-order valence-electron chi connectivity index (χ4n) is 1.70. The van der Waals surface area contributed by atoms with Gasteiger partial charge in [-0.2, -0.15) is 0 Å². The maximum absolute atomic E-state index is 13.0. The van der Waals surface area contributed by atoms with Gasteiger partial charge in [0, 0.05) is 19.1 Å². The Labute approximate surface area is 113 Å². The summed E-state index contributed by atoms with van der Waals surface area (Å²) in [7, 11) is -3.37. The molecule has 1 atom stereocenters. The first-order chi connectivity index (χ1) is 8.97. The highest BCUT2D eigenvalue weighted by Crippen LogP contribution is 2.18. The van der Waals surface area contributed by atoms with Crippen LogP contribution in [0.2, 0.25) is 0 Å². The molecule has 0 aromatic heterocycles. The molecular weight excluding hydrogens is 267 g/mol. The van der Waals surface area contributed by atoms with Crippen LogP contribution in [-0.2, 0) is 16.6 Å². The zero-order chi connectivity index (χ0) is 13.9. The minimum Gasteiger partial charge on any atom is -0.313 e. The lowest BCUT2D eigenvalue weighted by molar-refractivity contribution is 0.556. The summed E-state index contributed by atoms with van der Waals surface area (Å²) in [5, 5.41) is 2.69. The van der Waals surface area contributed by atoms with Crippen molar-refractivity contribution in [2.24, 2.45) is 0 Å². The fourth-order valence-corrected chi connectivity index (χ4v) is 2.67. The molecule has 1 aliphatic carbocycles. The summed E-state index contributed by atoms with van der Waals surface area (Å²) in [6.07, 6.45) is 2.26. The average molecular weight is 286 g/mol. The minimum atomic E-state index is -3.37. The molecular formula is C13H19FN2O2S. The normalized spacial score (nSPS) is 17.4. The highest BCUT2D eigenvalue weighted by atomic mass is 32.2. The first-order valence-electron chi connectivity index (χ1n) is 6.43. The summed E-state index contributed by atoms with van der Waals surface area (Å²) in [5.74, 6) is -0.361. The molecule has 6 heteroatoms. The number of rotatable bonds is 7. The molecule has 1 aromatic carbocycles. The van der Waals surface area contributed by atoms with E-state index in [9.17, 15) is 12.8 Å². The van der Waals surface area contributed by atoms with Crippen LogP contribution in [0.3, 0.4) is 0 Å². The second-order valence-electron chi connectivity index (χ2n) is 4.99. The SMILES string of the molecule is CC(CNC1CC1)S(=O)(=O)NCc1cccc(F)c1. The number of nitrogens with one attached hydrogen (secondary N) is 2. The second kappa shape index (κ2) is 5.98. The third-order valence-corrected chi connectivity index (χ3v) is 4.94. The molecule has 0 amide bonds. The second-order valence-corrected chi connectivity index (χ2v) is 7.17. The van der Waals surface area contributed by atoms with Gasteiger partial charge < -0.3 is 5.32 Å². The molecule has 106 valence electrons. The summed E-state index contributed by atoms with van der Waals surface area (Å²) in [4.78, 5) is 0.